The summed E-state index contributed by atoms with van der Waals surface area (Å²) in [6.45, 7) is 3.84. The molecule has 1 atom stereocenters. The van der Waals surface area contributed by atoms with Crippen molar-refractivity contribution in [2.75, 3.05) is 0 Å². The van der Waals surface area contributed by atoms with E-state index in [1.165, 1.54) is 11.3 Å². The molecule has 2 aliphatic rings. The van der Waals surface area contributed by atoms with Crippen molar-refractivity contribution in [3.8, 4) is 33.0 Å². The van der Waals surface area contributed by atoms with Crippen LogP contribution in [-0.2, 0) is 16.4 Å². The molecule has 0 spiro atoms. The Bertz CT molecular complexity index is 1350. The predicted molar refractivity (Wildman–Crippen MR) is 127 cm³/mol. The van der Waals surface area contributed by atoms with Crippen LogP contribution in [0.5, 0.6) is 5.75 Å². The van der Waals surface area contributed by atoms with Crippen molar-refractivity contribution in [3.05, 3.63) is 53.1 Å². The first-order valence-corrected chi connectivity index (χ1v) is 13.4. The van der Waals surface area contributed by atoms with Crippen LogP contribution >= 0.6 is 11.3 Å². The summed E-state index contributed by atoms with van der Waals surface area (Å²) in [7, 11) is -3.25. The minimum Gasteiger partial charge on any atom is -0.490 e. The standard InChI is InChI=1S/C24H24N4O3S2/c1-14(2)31-22-11-6-15(12-16(22)13-25)23-26-27-24(32-23)20-5-3-4-19-18(20)9-10-21(19)28-33(29,30)17-7-8-17/h3-6,11-12,14,17,21,28H,7-10H2,1-2H3/t21-/m0/s1. The Balaban J connectivity index is 1.43. The van der Waals surface area contributed by atoms with Gasteiger partial charge in [0, 0.05) is 17.2 Å². The SMILES string of the molecule is CC(C)Oc1ccc(-c2nnc(-c3cccc4c3CC[C@@H]4NS(=O)(=O)C3CC3)s2)cc1C#N. The quantitative estimate of drug-likeness (QED) is 0.530. The first-order chi connectivity index (χ1) is 15.9. The number of nitrogens with one attached hydrogen (secondary N) is 1. The second kappa shape index (κ2) is 8.52. The van der Waals surface area contributed by atoms with E-state index in [2.05, 4.69) is 21.0 Å². The number of hydrogen-bond acceptors (Lipinski definition) is 7. The monoisotopic (exact) mass is 480 g/mol. The number of benzene rings is 2. The summed E-state index contributed by atoms with van der Waals surface area (Å²) in [6, 6.07) is 13.4. The number of fused-ring (bicyclic) bond motifs is 1. The van der Waals surface area contributed by atoms with E-state index in [0.29, 0.717) is 11.3 Å². The van der Waals surface area contributed by atoms with Crippen LogP contribution < -0.4 is 9.46 Å². The highest BCUT2D eigenvalue weighted by Gasteiger charge is 2.38. The van der Waals surface area contributed by atoms with E-state index in [9.17, 15) is 13.7 Å². The maximum absolute atomic E-state index is 12.4. The van der Waals surface area contributed by atoms with Crippen LogP contribution in [0.25, 0.3) is 21.1 Å². The molecule has 170 valence electrons. The smallest absolute Gasteiger partial charge is 0.215 e. The zero-order valence-corrected chi connectivity index (χ0v) is 20.0. The fraction of sp³-hybridized carbons (Fsp3) is 0.375. The van der Waals surface area contributed by atoms with E-state index in [1.54, 1.807) is 12.1 Å². The molecule has 0 amide bonds. The lowest BCUT2D eigenvalue weighted by Gasteiger charge is -2.14. The first kappa shape index (κ1) is 22.0. The van der Waals surface area contributed by atoms with Gasteiger partial charge in [0.25, 0.3) is 0 Å². The van der Waals surface area contributed by atoms with E-state index >= 15 is 0 Å². The molecule has 0 bridgehead atoms. The van der Waals surface area contributed by atoms with Crippen LogP contribution in [0, 0.1) is 11.3 Å². The van der Waals surface area contributed by atoms with E-state index in [0.717, 1.165) is 58.0 Å². The van der Waals surface area contributed by atoms with E-state index < -0.39 is 10.0 Å². The Morgan fingerprint density at radius 2 is 1.94 bits per heavy atom. The van der Waals surface area contributed by atoms with Gasteiger partial charge in [0.2, 0.25) is 10.0 Å². The molecule has 3 aromatic rings. The second-order valence-electron chi connectivity index (χ2n) is 8.73. The molecule has 2 aromatic carbocycles. The molecular weight excluding hydrogens is 456 g/mol. The minimum absolute atomic E-state index is 0.0196. The Hall–Kier alpha value is -2.80. The van der Waals surface area contributed by atoms with Crippen molar-refractivity contribution in [2.24, 2.45) is 0 Å². The number of ether oxygens (including phenoxy) is 1. The van der Waals surface area contributed by atoms with Crippen molar-refractivity contribution in [1.82, 2.24) is 14.9 Å². The van der Waals surface area contributed by atoms with Crippen molar-refractivity contribution in [2.45, 2.75) is 56.9 Å². The number of nitriles is 1. The average Bonchev–Trinajstić information content (AvgIpc) is 3.43. The molecule has 0 radical (unpaired) electrons. The second-order valence-corrected chi connectivity index (χ2v) is 11.7. The third kappa shape index (κ3) is 4.38. The molecule has 2 aliphatic carbocycles. The van der Waals surface area contributed by atoms with Crippen LogP contribution in [0.15, 0.2) is 36.4 Å². The zero-order chi connectivity index (χ0) is 23.2. The van der Waals surface area contributed by atoms with Gasteiger partial charge in [0.15, 0.2) is 0 Å². The van der Waals surface area contributed by atoms with Crippen LogP contribution in [0.3, 0.4) is 0 Å². The summed E-state index contributed by atoms with van der Waals surface area (Å²) < 4.78 is 33.5. The summed E-state index contributed by atoms with van der Waals surface area (Å²) in [5, 5.41) is 19.6. The van der Waals surface area contributed by atoms with Gasteiger partial charge in [-0.05, 0) is 68.9 Å². The fourth-order valence-electron chi connectivity index (χ4n) is 4.21. The van der Waals surface area contributed by atoms with Crippen molar-refractivity contribution in [3.63, 3.8) is 0 Å². The highest BCUT2D eigenvalue weighted by molar-refractivity contribution is 7.90. The normalized spacial score (nSPS) is 17.7. The van der Waals surface area contributed by atoms with Gasteiger partial charge >= 0.3 is 0 Å². The Morgan fingerprint density at radius 3 is 2.67 bits per heavy atom. The molecule has 7 nitrogen and oxygen atoms in total. The topological polar surface area (TPSA) is 105 Å². The Morgan fingerprint density at radius 1 is 1.15 bits per heavy atom. The van der Waals surface area contributed by atoms with Crippen molar-refractivity contribution >= 4 is 21.4 Å². The third-order valence-electron chi connectivity index (χ3n) is 5.91. The molecule has 5 rings (SSSR count). The van der Waals surface area contributed by atoms with Gasteiger partial charge in [-0.2, -0.15) is 5.26 Å². The molecule has 33 heavy (non-hydrogen) atoms. The van der Waals surface area contributed by atoms with Gasteiger partial charge in [-0.15, -0.1) is 10.2 Å². The minimum atomic E-state index is -3.25. The van der Waals surface area contributed by atoms with Crippen molar-refractivity contribution in [1.29, 1.82) is 5.26 Å². The van der Waals surface area contributed by atoms with Gasteiger partial charge in [-0.1, -0.05) is 29.5 Å². The molecule has 1 saturated carbocycles. The van der Waals surface area contributed by atoms with Gasteiger partial charge in [-0.3, -0.25) is 0 Å². The lowest BCUT2D eigenvalue weighted by molar-refractivity contribution is 0.242. The van der Waals surface area contributed by atoms with Crippen LogP contribution in [0.1, 0.15) is 55.8 Å². The molecule has 1 fully saturated rings. The highest BCUT2D eigenvalue weighted by Crippen LogP contribution is 2.41. The molecule has 1 heterocycles. The molecular formula is C24H24N4O3S2. The first-order valence-electron chi connectivity index (χ1n) is 11.0. The maximum Gasteiger partial charge on any atom is 0.215 e. The fourth-order valence-corrected chi connectivity index (χ4v) is 6.69. The maximum atomic E-state index is 12.4. The summed E-state index contributed by atoms with van der Waals surface area (Å²) >= 11 is 1.46. The van der Waals surface area contributed by atoms with E-state index in [-0.39, 0.29) is 17.4 Å². The van der Waals surface area contributed by atoms with Crippen LogP contribution in [0.4, 0.5) is 0 Å². The summed E-state index contributed by atoms with van der Waals surface area (Å²) in [5.74, 6) is 0.557. The average molecular weight is 481 g/mol. The summed E-state index contributed by atoms with van der Waals surface area (Å²) in [6.07, 6.45) is 3.01. The van der Waals surface area contributed by atoms with Crippen LogP contribution in [0.2, 0.25) is 0 Å². The number of aromatic nitrogens is 2. The zero-order valence-electron chi connectivity index (χ0n) is 18.4. The van der Waals surface area contributed by atoms with Gasteiger partial charge in [-0.25, -0.2) is 13.1 Å². The van der Waals surface area contributed by atoms with Crippen molar-refractivity contribution < 1.29 is 13.2 Å². The van der Waals surface area contributed by atoms with E-state index in [4.69, 9.17) is 4.74 Å². The van der Waals surface area contributed by atoms with E-state index in [1.807, 2.05) is 38.1 Å². The number of rotatable bonds is 7. The lowest BCUT2D eigenvalue weighted by atomic mass is 10.0. The van der Waals surface area contributed by atoms with Gasteiger partial charge in [0.05, 0.1) is 16.9 Å². The third-order valence-corrected chi connectivity index (χ3v) is 8.87. The lowest BCUT2D eigenvalue weighted by Crippen LogP contribution is -2.30. The summed E-state index contributed by atoms with van der Waals surface area (Å²) in [5.41, 5.74) is 4.42. The predicted octanol–water partition coefficient (Wildman–Crippen LogP) is 4.60. The molecule has 0 saturated heterocycles. The molecule has 0 unspecified atom stereocenters. The molecule has 9 heteroatoms. The number of hydrogen-bond donors (Lipinski definition) is 1. The van der Waals surface area contributed by atoms with Gasteiger partial charge < -0.3 is 4.74 Å². The number of sulfonamides is 1. The Labute approximate surface area is 197 Å². The largest absolute Gasteiger partial charge is 0.490 e. The highest BCUT2D eigenvalue weighted by atomic mass is 32.2. The Kier molecular flexibility index (Phi) is 5.69. The van der Waals surface area contributed by atoms with Crippen LogP contribution in [-0.4, -0.2) is 30.0 Å². The summed E-state index contributed by atoms with van der Waals surface area (Å²) in [4.78, 5) is 0. The van der Waals surface area contributed by atoms with Gasteiger partial charge in [0.1, 0.15) is 21.8 Å². The molecule has 1 N–H and O–H groups in total. The molecule has 1 aromatic heterocycles. The number of nitrogens with zero attached hydrogens (tertiary/aromatic N) is 3. The molecule has 0 aliphatic heterocycles.